The van der Waals surface area contributed by atoms with Crippen LogP contribution in [-0.4, -0.2) is 38.5 Å². The van der Waals surface area contributed by atoms with Gasteiger partial charge in [0.25, 0.3) is 0 Å². The lowest BCUT2D eigenvalue weighted by atomic mass is 10.00. The van der Waals surface area contributed by atoms with Crippen LogP contribution in [0.2, 0.25) is 0 Å². The molecule has 0 aliphatic carbocycles. The van der Waals surface area contributed by atoms with E-state index >= 15 is 0 Å². The molecule has 0 saturated carbocycles. The van der Waals surface area contributed by atoms with Gasteiger partial charge in [-0.2, -0.15) is 4.31 Å². The summed E-state index contributed by atoms with van der Waals surface area (Å²) in [5, 5.41) is 0. The SMILES string of the molecule is COc1cccc(S(=O)(=O)N2C(C)CCCC2CN)c1. The van der Waals surface area contributed by atoms with E-state index in [9.17, 15) is 8.42 Å². The average molecular weight is 298 g/mol. The molecule has 1 saturated heterocycles. The number of nitrogens with two attached hydrogens (primary N) is 1. The molecule has 1 heterocycles. The molecule has 0 spiro atoms. The summed E-state index contributed by atoms with van der Waals surface area (Å²) >= 11 is 0. The summed E-state index contributed by atoms with van der Waals surface area (Å²) in [5.41, 5.74) is 5.76. The van der Waals surface area contributed by atoms with E-state index in [1.165, 1.54) is 7.11 Å². The topological polar surface area (TPSA) is 72.6 Å². The predicted molar refractivity (Wildman–Crippen MR) is 78.2 cm³/mol. The van der Waals surface area contributed by atoms with Gasteiger partial charge in [0.1, 0.15) is 5.75 Å². The van der Waals surface area contributed by atoms with E-state index in [0.29, 0.717) is 12.3 Å². The summed E-state index contributed by atoms with van der Waals surface area (Å²) in [5.74, 6) is 0.542. The second-order valence-corrected chi connectivity index (χ2v) is 7.03. The minimum absolute atomic E-state index is 0.0199. The lowest BCUT2D eigenvalue weighted by Gasteiger charge is -2.39. The van der Waals surface area contributed by atoms with Crippen molar-refractivity contribution in [3.8, 4) is 5.75 Å². The molecule has 112 valence electrons. The fourth-order valence-electron chi connectivity index (χ4n) is 2.80. The molecule has 2 atom stereocenters. The fraction of sp³-hybridized carbons (Fsp3) is 0.571. The van der Waals surface area contributed by atoms with Gasteiger partial charge in [-0.25, -0.2) is 8.42 Å². The predicted octanol–water partition coefficient (Wildman–Crippen LogP) is 1.59. The Hall–Kier alpha value is -1.11. The van der Waals surface area contributed by atoms with E-state index in [2.05, 4.69) is 0 Å². The van der Waals surface area contributed by atoms with Crippen LogP contribution in [-0.2, 0) is 10.0 Å². The van der Waals surface area contributed by atoms with Gasteiger partial charge in [-0.15, -0.1) is 0 Å². The van der Waals surface area contributed by atoms with E-state index < -0.39 is 10.0 Å². The van der Waals surface area contributed by atoms with Crippen molar-refractivity contribution in [3.63, 3.8) is 0 Å². The Balaban J connectivity index is 2.41. The third-order valence-electron chi connectivity index (χ3n) is 3.84. The van der Waals surface area contributed by atoms with Gasteiger partial charge in [0, 0.05) is 24.7 Å². The number of hydrogen-bond donors (Lipinski definition) is 1. The third-order valence-corrected chi connectivity index (χ3v) is 5.91. The summed E-state index contributed by atoms with van der Waals surface area (Å²) in [6.45, 7) is 2.30. The van der Waals surface area contributed by atoms with Crippen LogP contribution in [0.1, 0.15) is 26.2 Å². The van der Waals surface area contributed by atoms with Gasteiger partial charge in [-0.3, -0.25) is 0 Å². The highest BCUT2D eigenvalue weighted by Gasteiger charge is 2.37. The lowest BCUT2D eigenvalue weighted by Crippen LogP contribution is -2.51. The number of benzene rings is 1. The second kappa shape index (κ2) is 6.11. The van der Waals surface area contributed by atoms with Gasteiger partial charge in [-0.05, 0) is 31.9 Å². The Labute approximate surface area is 120 Å². The van der Waals surface area contributed by atoms with Gasteiger partial charge in [0.05, 0.1) is 12.0 Å². The quantitative estimate of drug-likeness (QED) is 0.916. The number of rotatable bonds is 4. The zero-order chi connectivity index (χ0) is 14.8. The number of methoxy groups -OCH3 is 1. The molecule has 0 aromatic heterocycles. The van der Waals surface area contributed by atoms with E-state index in [0.717, 1.165) is 19.3 Å². The number of nitrogens with zero attached hydrogens (tertiary/aromatic N) is 1. The van der Waals surface area contributed by atoms with Crippen molar-refractivity contribution in [1.29, 1.82) is 0 Å². The third kappa shape index (κ3) is 2.82. The molecule has 20 heavy (non-hydrogen) atoms. The van der Waals surface area contributed by atoms with Crippen LogP contribution in [0, 0.1) is 0 Å². The molecular weight excluding hydrogens is 276 g/mol. The first-order chi connectivity index (χ1) is 9.50. The maximum atomic E-state index is 12.8. The maximum absolute atomic E-state index is 12.8. The summed E-state index contributed by atoms with van der Waals surface area (Å²) in [7, 11) is -2.01. The van der Waals surface area contributed by atoms with Crippen LogP contribution >= 0.6 is 0 Å². The van der Waals surface area contributed by atoms with Crippen LogP contribution in [0.25, 0.3) is 0 Å². The zero-order valence-electron chi connectivity index (χ0n) is 12.0. The highest BCUT2D eigenvalue weighted by atomic mass is 32.2. The maximum Gasteiger partial charge on any atom is 0.243 e. The molecular formula is C14H22N2O3S. The first-order valence-electron chi connectivity index (χ1n) is 6.88. The van der Waals surface area contributed by atoms with Gasteiger partial charge < -0.3 is 10.5 Å². The number of ether oxygens (including phenoxy) is 1. The molecule has 2 N–H and O–H groups in total. The van der Waals surface area contributed by atoms with Crippen molar-refractivity contribution in [1.82, 2.24) is 4.31 Å². The largest absolute Gasteiger partial charge is 0.497 e. The molecule has 1 fully saturated rings. The Morgan fingerprint density at radius 2 is 2.15 bits per heavy atom. The first-order valence-corrected chi connectivity index (χ1v) is 8.32. The molecule has 0 amide bonds. The van der Waals surface area contributed by atoms with Gasteiger partial charge in [0.15, 0.2) is 0 Å². The van der Waals surface area contributed by atoms with Crippen LogP contribution in [0.15, 0.2) is 29.2 Å². The van der Waals surface area contributed by atoms with E-state index in [1.807, 2.05) is 6.92 Å². The Morgan fingerprint density at radius 3 is 2.80 bits per heavy atom. The van der Waals surface area contributed by atoms with E-state index in [-0.39, 0.29) is 17.0 Å². The van der Waals surface area contributed by atoms with Crippen molar-refractivity contribution in [3.05, 3.63) is 24.3 Å². The smallest absolute Gasteiger partial charge is 0.243 e. The van der Waals surface area contributed by atoms with Gasteiger partial charge >= 0.3 is 0 Å². The summed E-state index contributed by atoms with van der Waals surface area (Å²) in [4.78, 5) is 0.268. The Bertz CT molecular complexity index is 559. The summed E-state index contributed by atoms with van der Waals surface area (Å²) < 4.78 is 32.4. The summed E-state index contributed by atoms with van der Waals surface area (Å²) in [6, 6.07) is 6.46. The molecule has 1 aromatic rings. The lowest BCUT2D eigenvalue weighted by molar-refractivity contribution is 0.196. The molecule has 2 rings (SSSR count). The van der Waals surface area contributed by atoms with Crippen LogP contribution < -0.4 is 10.5 Å². The van der Waals surface area contributed by atoms with Crippen molar-refractivity contribution >= 4 is 10.0 Å². The van der Waals surface area contributed by atoms with Gasteiger partial charge in [-0.1, -0.05) is 12.5 Å². The van der Waals surface area contributed by atoms with Crippen molar-refractivity contribution in [2.45, 2.75) is 43.2 Å². The molecule has 6 heteroatoms. The normalized spacial score (nSPS) is 24.6. The molecule has 5 nitrogen and oxygen atoms in total. The minimum atomic E-state index is -3.53. The van der Waals surface area contributed by atoms with Crippen molar-refractivity contribution in [2.24, 2.45) is 5.73 Å². The second-order valence-electron chi connectivity index (χ2n) is 5.18. The van der Waals surface area contributed by atoms with Crippen LogP contribution in [0.3, 0.4) is 0 Å². The molecule has 0 bridgehead atoms. The number of sulfonamides is 1. The molecule has 2 unspecified atom stereocenters. The standard InChI is InChI=1S/C14H22N2O3S/c1-11-5-3-6-12(10-15)16(11)20(17,18)14-8-4-7-13(9-14)19-2/h4,7-9,11-12H,3,5-6,10,15H2,1-2H3. The van der Waals surface area contributed by atoms with Crippen molar-refractivity contribution < 1.29 is 13.2 Å². The summed E-state index contributed by atoms with van der Waals surface area (Å²) in [6.07, 6.45) is 2.72. The highest BCUT2D eigenvalue weighted by molar-refractivity contribution is 7.89. The minimum Gasteiger partial charge on any atom is -0.497 e. The Morgan fingerprint density at radius 1 is 1.40 bits per heavy atom. The van der Waals surface area contributed by atoms with Crippen LogP contribution in [0.5, 0.6) is 5.75 Å². The number of hydrogen-bond acceptors (Lipinski definition) is 4. The molecule has 1 aliphatic rings. The van der Waals surface area contributed by atoms with E-state index in [4.69, 9.17) is 10.5 Å². The van der Waals surface area contributed by atoms with Crippen LogP contribution in [0.4, 0.5) is 0 Å². The number of piperidine rings is 1. The zero-order valence-corrected chi connectivity index (χ0v) is 12.8. The van der Waals surface area contributed by atoms with Gasteiger partial charge in [0.2, 0.25) is 10.0 Å². The average Bonchev–Trinajstić information content (AvgIpc) is 2.46. The van der Waals surface area contributed by atoms with Crippen molar-refractivity contribution in [2.75, 3.05) is 13.7 Å². The monoisotopic (exact) mass is 298 g/mol. The molecule has 1 aromatic carbocycles. The van der Waals surface area contributed by atoms with E-state index in [1.54, 1.807) is 28.6 Å². The highest BCUT2D eigenvalue weighted by Crippen LogP contribution is 2.30. The molecule has 0 radical (unpaired) electrons. The first kappa shape index (κ1) is 15.3. The fourth-order valence-corrected chi connectivity index (χ4v) is 4.72. The Kier molecular flexibility index (Phi) is 4.67. The molecule has 1 aliphatic heterocycles.